The van der Waals surface area contributed by atoms with Crippen LogP contribution in [0.5, 0.6) is 0 Å². The number of aromatic amines is 1. The Hall–Kier alpha value is -0.780. The molecule has 0 radical (unpaired) electrons. The molecule has 13 heavy (non-hydrogen) atoms. The first-order valence-electron chi connectivity index (χ1n) is 3.82. The van der Waals surface area contributed by atoms with Gasteiger partial charge in [-0.15, -0.1) is 0 Å². The third-order valence-corrected chi connectivity index (χ3v) is 3.41. The Morgan fingerprint density at radius 1 is 1.46 bits per heavy atom. The fraction of sp³-hybridized carbons (Fsp3) is 0.111. The molecule has 0 aliphatic rings. The van der Waals surface area contributed by atoms with Gasteiger partial charge in [0, 0.05) is 20.2 Å². The summed E-state index contributed by atoms with van der Waals surface area (Å²) in [5, 5.41) is 0.893. The lowest BCUT2D eigenvalue weighted by Gasteiger charge is -1.96. The summed E-state index contributed by atoms with van der Waals surface area (Å²) >= 11 is 2.19. The van der Waals surface area contributed by atoms with Crippen LogP contribution >= 0.6 is 22.6 Å². The number of benzene rings is 1. The Morgan fingerprint density at radius 3 is 2.85 bits per heavy atom. The molecule has 0 saturated carbocycles. The highest BCUT2D eigenvalue weighted by Crippen LogP contribution is 2.26. The summed E-state index contributed by atoms with van der Waals surface area (Å²) in [6, 6.07) is 3.09. The van der Waals surface area contributed by atoms with Gasteiger partial charge in [-0.1, -0.05) is 0 Å². The van der Waals surface area contributed by atoms with Crippen molar-refractivity contribution < 1.29 is 4.39 Å². The van der Waals surface area contributed by atoms with E-state index in [0.29, 0.717) is 0 Å². The molecule has 4 heteroatoms. The van der Waals surface area contributed by atoms with Crippen LogP contribution in [0.25, 0.3) is 10.9 Å². The highest BCUT2D eigenvalue weighted by molar-refractivity contribution is 14.1. The van der Waals surface area contributed by atoms with Crippen molar-refractivity contribution in [2.75, 3.05) is 5.73 Å². The molecule has 68 valence electrons. The molecule has 1 aromatic heterocycles. The Labute approximate surface area is 88.5 Å². The fourth-order valence-electron chi connectivity index (χ4n) is 1.33. The predicted octanol–water partition coefficient (Wildman–Crippen LogP) is 2.80. The van der Waals surface area contributed by atoms with Crippen LogP contribution in [0.2, 0.25) is 0 Å². The van der Waals surface area contributed by atoms with Crippen LogP contribution in [-0.4, -0.2) is 4.98 Å². The highest BCUT2D eigenvalue weighted by Gasteiger charge is 2.08. The molecule has 1 heterocycles. The minimum Gasteiger partial charge on any atom is -0.396 e. The second-order valence-corrected chi connectivity index (χ2v) is 4.06. The van der Waals surface area contributed by atoms with Gasteiger partial charge in [-0.25, -0.2) is 4.39 Å². The summed E-state index contributed by atoms with van der Waals surface area (Å²) in [5.74, 6) is -0.357. The Kier molecular flexibility index (Phi) is 1.94. The number of aryl methyl sites for hydroxylation is 1. The van der Waals surface area contributed by atoms with E-state index >= 15 is 0 Å². The first kappa shape index (κ1) is 8.80. The van der Waals surface area contributed by atoms with E-state index in [2.05, 4.69) is 27.6 Å². The Morgan fingerprint density at radius 2 is 2.15 bits per heavy atom. The van der Waals surface area contributed by atoms with Gasteiger partial charge in [0.05, 0.1) is 5.69 Å². The molecule has 2 nitrogen and oxygen atoms in total. The van der Waals surface area contributed by atoms with Crippen molar-refractivity contribution >= 4 is 39.2 Å². The number of nitrogens with two attached hydrogens (primary N) is 1. The summed E-state index contributed by atoms with van der Waals surface area (Å²) in [7, 11) is 0. The lowest BCUT2D eigenvalue weighted by molar-refractivity contribution is 0.634. The van der Waals surface area contributed by atoms with Crippen LogP contribution in [-0.2, 0) is 0 Å². The highest BCUT2D eigenvalue weighted by atomic mass is 127. The van der Waals surface area contributed by atoms with Crippen LogP contribution in [0.1, 0.15) is 5.69 Å². The second-order valence-electron chi connectivity index (χ2n) is 2.98. The van der Waals surface area contributed by atoms with Crippen molar-refractivity contribution in [1.29, 1.82) is 0 Å². The van der Waals surface area contributed by atoms with E-state index in [1.54, 1.807) is 6.07 Å². The second kappa shape index (κ2) is 2.87. The lowest BCUT2D eigenvalue weighted by atomic mass is 10.2. The molecule has 0 aliphatic heterocycles. The van der Waals surface area contributed by atoms with Crippen molar-refractivity contribution in [3.05, 3.63) is 27.2 Å². The molecule has 1 aromatic carbocycles. The maximum Gasteiger partial charge on any atom is 0.146 e. The number of anilines is 1. The van der Waals surface area contributed by atoms with Gasteiger partial charge < -0.3 is 10.7 Å². The minimum atomic E-state index is -0.357. The molecule has 0 spiro atoms. The number of rotatable bonds is 0. The third-order valence-electron chi connectivity index (χ3n) is 2.02. The van der Waals surface area contributed by atoms with Gasteiger partial charge >= 0.3 is 0 Å². The minimum absolute atomic E-state index is 0.185. The van der Waals surface area contributed by atoms with Gasteiger partial charge in [0.25, 0.3) is 0 Å². The zero-order valence-corrected chi connectivity index (χ0v) is 9.15. The molecule has 0 aliphatic carbocycles. The molecule has 2 aromatic rings. The van der Waals surface area contributed by atoms with E-state index in [0.717, 1.165) is 20.2 Å². The SMILES string of the molecule is Cc1[nH]c2cc(N)c(F)cc2c1I. The first-order chi connectivity index (χ1) is 6.09. The van der Waals surface area contributed by atoms with Crippen molar-refractivity contribution in [2.45, 2.75) is 6.92 Å². The molecule has 0 fully saturated rings. The molecular formula is C9H8FIN2. The summed E-state index contributed by atoms with van der Waals surface area (Å²) in [4.78, 5) is 3.14. The van der Waals surface area contributed by atoms with E-state index in [1.807, 2.05) is 6.92 Å². The standard InChI is InChI=1S/C9H8FIN2/c1-4-9(11)5-2-6(10)7(12)3-8(5)13-4/h2-3,13H,12H2,1H3. The first-order valence-corrected chi connectivity index (χ1v) is 4.90. The maximum absolute atomic E-state index is 13.1. The van der Waals surface area contributed by atoms with Crippen molar-refractivity contribution in [2.24, 2.45) is 0 Å². The molecular weight excluding hydrogens is 282 g/mol. The molecule has 0 amide bonds. The van der Waals surface area contributed by atoms with Crippen LogP contribution in [0, 0.1) is 16.3 Å². The van der Waals surface area contributed by atoms with E-state index in [-0.39, 0.29) is 11.5 Å². The Bertz CT molecular complexity index is 476. The largest absolute Gasteiger partial charge is 0.396 e. The molecule has 0 atom stereocenters. The number of halogens is 2. The van der Waals surface area contributed by atoms with Gasteiger partial charge in [0.2, 0.25) is 0 Å². The van der Waals surface area contributed by atoms with Crippen LogP contribution in [0.3, 0.4) is 0 Å². The molecule has 3 N–H and O–H groups in total. The average molecular weight is 290 g/mol. The quantitative estimate of drug-likeness (QED) is 0.568. The zero-order chi connectivity index (χ0) is 9.59. The van der Waals surface area contributed by atoms with Gasteiger partial charge in [-0.2, -0.15) is 0 Å². The van der Waals surface area contributed by atoms with Crippen molar-refractivity contribution in [3.8, 4) is 0 Å². The number of nitrogen functional groups attached to an aromatic ring is 1. The summed E-state index contributed by atoms with van der Waals surface area (Å²) in [5.41, 5.74) is 7.56. The maximum atomic E-state index is 13.1. The normalized spacial score (nSPS) is 11.0. The summed E-state index contributed by atoms with van der Waals surface area (Å²) < 4.78 is 14.1. The molecule has 0 saturated heterocycles. The van der Waals surface area contributed by atoms with E-state index in [9.17, 15) is 4.39 Å². The van der Waals surface area contributed by atoms with Crippen LogP contribution in [0.15, 0.2) is 12.1 Å². The van der Waals surface area contributed by atoms with E-state index < -0.39 is 0 Å². The average Bonchev–Trinajstić information content (AvgIpc) is 2.32. The van der Waals surface area contributed by atoms with E-state index in [1.165, 1.54) is 6.07 Å². The summed E-state index contributed by atoms with van der Waals surface area (Å²) in [6.07, 6.45) is 0. The van der Waals surface area contributed by atoms with E-state index in [4.69, 9.17) is 5.73 Å². The number of hydrogen-bond acceptors (Lipinski definition) is 1. The number of hydrogen-bond donors (Lipinski definition) is 2. The van der Waals surface area contributed by atoms with Gasteiger partial charge in [0.1, 0.15) is 5.82 Å². The van der Waals surface area contributed by atoms with Gasteiger partial charge in [-0.05, 0) is 41.6 Å². The van der Waals surface area contributed by atoms with Gasteiger partial charge in [-0.3, -0.25) is 0 Å². The fourth-order valence-corrected chi connectivity index (χ4v) is 1.91. The molecule has 0 unspecified atom stereocenters. The number of nitrogens with one attached hydrogen (secondary N) is 1. The molecule has 0 bridgehead atoms. The van der Waals surface area contributed by atoms with Crippen LogP contribution in [0.4, 0.5) is 10.1 Å². The topological polar surface area (TPSA) is 41.8 Å². The summed E-state index contributed by atoms with van der Waals surface area (Å²) in [6.45, 7) is 1.95. The number of fused-ring (bicyclic) bond motifs is 1. The molecule has 2 rings (SSSR count). The van der Waals surface area contributed by atoms with Crippen molar-refractivity contribution in [3.63, 3.8) is 0 Å². The zero-order valence-electron chi connectivity index (χ0n) is 6.99. The lowest BCUT2D eigenvalue weighted by Crippen LogP contribution is -1.89. The third kappa shape index (κ3) is 1.29. The van der Waals surface area contributed by atoms with Crippen molar-refractivity contribution in [1.82, 2.24) is 4.98 Å². The smallest absolute Gasteiger partial charge is 0.146 e. The van der Waals surface area contributed by atoms with Gasteiger partial charge in [0.15, 0.2) is 0 Å². The number of H-pyrrole nitrogens is 1. The number of aromatic nitrogens is 1. The van der Waals surface area contributed by atoms with Crippen LogP contribution < -0.4 is 5.73 Å². The predicted molar refractivity (Wildman–Crippen MR) is 60.1 cm³/mol. The Balaban J connectivity index is 2.89. The monoisotopic (exact) mass is 290 g/mol.